The Hall–Kier alpha value is -3.59. The van der Waals surface area contributed by atoms with Crippen molar-refractivity contribution in [2.45, 2.75) is 20.3 Å². The Balaban J connectivity index is 0.000000817. The number of carbonyl (C=O) groups is 1. The molecule has 1 heterocycles. The molecule has 3 aromatic rings. The summed E-state index contributed by atoms with van der Waals surface area (Å²) in [6.45, 7) is 3.33. The molecule has 0 saturated heterocycles. The van der Waals surface area contributed by atoms with Crippen LogP contribution >= 0.6 is 0 Å². The lowest BCUT2D eigenvalue weighted by atomic mass is 10.0. The standard InChI is InChI=1S/C19H18N2O3.C2H3N/c1-3-15-17(18(22)14-6-4-5-7-16(14)21-15)19(23)20-12-8-10-13(24-2)11-9-12;1-2-3/h4-11H,3H2,1-2H3,(H,20,23)(H,21,22);1H3. The van der Waals surface area contributed by atoms with Crippen molar-refractivity contribution in [3.8, 4) is 17.6 Å². The number of aromatic nitrogens is 1. The SMILES string of the molecule is CC#N.CCc1nc2ccccc2c(O)c1C(=O)Nc1ccc(OC)cc1. The van der Waals surface area contributed by atoms with Gasteiger partial charge in [0.25, 0.3) is 5.91 Å². The van der Waals surface area contributed by atoms with Gasteiger partial charge >= 0.3 is 0 Å². The number of aryl methyl sites for hydroxylation is 1. The maximum Gasteiger partial charge on any atom is 0.261 e. The average Bonchev–Trinajstić information content (AvgIpc) is 2.69. The minimum atomic E-state index is -0.382. The van der Waals surface area contributed by atoms with E-state index in [1.54, 1.807) is 49.6 Å². The summed E-state index contributed by atoms with van der Waals surface area (Å²) in [5.41, 5.74) is 2.08. The molecule has 2 N–H and O–H groups in total. The Kier molecular flexibility index (Phi) is 6.73. The van der Waals surface area contributed by atoms with Gasteiger partial charge < -0.3 is 15.2 Å². The van der Waals surface area contributed by atoms with Crippen LogP contribution in [-0.4, -0.2) is 23.1 Å². The van der Waals surface area contributed by atoms with E-state index in [2.05, 4.69) is 10.3 Å². The summed E-state index contributed by atoms with van der Waals surface area (Å²) in [5.74, 6) is 0.286. The van der Waals surface area contributed by atoms with Crippen molar-refractivity contribution in [2.24, 2.45) is 0 Å². The summed E-state index contributed by atoms with van der Waals surface area (Å²) in [6.07, 6.45) is 0.545. The molecule has 1 aromatic heterocycles. The fraction of sp³-hybridized carbons (Fsp3) is 0.190. The van der Waals surface area contributed by atoms with E-state index in [0.29, 0.717) is 34.5 Å². The number of aromatic hydroxyl groups is 1. The number of rotatable bonds is 4. The van der Waals surface area contributed by atoms with Gasteiger partial charge in [0.15, 0.2) is 0 Å². The average molecular weight is 363 g/mol. The van der Waals surface area contributed by atoms with Gasteiger partial charge in [-0.05, 0) is 42.8 Å². The zero-order valence-corrected chi connectivity index (χ0v) is 15.5. The lowest BCUT2D eigenvalue weighted by Crippen LogP contribution is -2.15. The number of ether oxygens (including phenoxy) is 1. The van der Waals surface area contributed by atoms with E-state index in [9.17, 15) is 9.90 Å². The van der Waals surface area contributed by atoms with Gasteiger partial charge in [0.1, 0.15) is 17.1 Å². The topological polar surface area (TPSA) is 95.2 Å². The molecule has 0 aliphatic rings. The third kappa shape index (κ3) is 4.53. The van der Waals surface area contributed by atoms with Crippen LogP contribution in [-0.2, 0) is 6.42 Å². The molecule has 3 rings (SSSR count). The van der Waals surface area contributed by atoms with E-state index < -0.39 is 0 Å². The minimum Gasteiger partial charge on any atom is -0.506 e. The second-order valence-electron chi connectivity index (χ2n) is 5.56. The summed E-state index contributed by atoms with van der Waals surface area (Å²) < 4.78 is 5.10. The van der Waals surface area contributed by atoms with Crippen LogP contribution in [0.2, 0.25) is 0 Å². The number of hydrogen-bond donors (Lipinski definition) is 2. The molecule has 6 nitrogen and oxygen atoms in total. The smallest absolute Gasteiger partial charge is 0.261 e. The Bertz CT molecular complexity index is 976. The summed E-state index contributed by atoms with van der Waals surface area (Å²) in [6, 6.07) is 16.0. The van der Waals surface area contributed by atoms with Gasteiger partial charge in [0.2, 0.25) is 0 Å². The van der Waals surface area contributed by atoms with Crippen LogP contribution in [0.4, 0.5) is 5.69 Å². The molecular formula is C21H21N3O3. The molecule has 0 radical (unpaired) electrons. The lowest BCUT2D eigenvalue weighted by Gasteiger charge is -2.13. The van der Waals surface area contributed by atoms with E-state index in [1.807, 2.05) is 19.1 Å². The number of amides is 1. The predicted octanol–water partition coefficient (Wildman–Crippen LogP) is 4.29. The molecule has 6 heteroatoms. The van der Waals surface area contributed by atoms with Crippen molar-refractivity contribution in [1.82, 2.24) is 4.98 Å². The molecule has 0 saturated carbocycles. The van der Waals surface area contributed by atoms with Crippen LogP contribution in [0, 0.1) is 11.3 Å². The van der Waals surface area contributed by atoms with Crippen LogP contribution in [0.5, 0.6) is 11.5 Å². The number of carbonyl (C=O) groups excluding carboxylic acids is 1. The van der Waals surface area contributed by atoms with Crippen LogP contribution < -0.4 is 10.1 Å². The Morgan fingerprint density at radius 1 is 1.22 bits per heavy atom. The second-order valence-corrected chi connectivity index (χ2v) is 5.56. The van der Waals surface area contributed by atoms with Gasteiger partial charge in [-0.1, -0.05) is 19.1 Å². The summed E-state index contributed by atoms with van der Waals surface area (Å²) in [4.78, 5) is 17.2. The number of nitrogens with one attached hydrogen (secondary N) is 1. The van der Waals surface area contributed by atoms with Gasteiger partial charge in [-0.25, -0.2) is 0 Å². The Morgan fingerprint density at radius 2 is 1.85 bits per heavy atom. The number of para-hydroxylation sites is 1. The van der Waals surface area contributed by atoms with Crippen molar-refractivity contribution in [2.75, 3.05) is 12.4 Å². The van der Waals surface area contributed by atoms with Crippen molar-refractivity contribution in [1.29, 1.82) is 5.26 Å². The van der Waals surface area contributed by atoms with Crippen molar-refractivity contribution in [3.05, 3.63) is 59.8 Å². The first-order chi connectivity index (χ1) is 13.0. The number of pyridine rings is 1. The number of methoxy groups -OCH3 is 1. The maximum absolute atomic E-state index is 12.7. The molecule has 138 valence electrons. The highest BCUT2D eigenvalue weighted by atomic mass is 16.5. The number of nitriles is 1. The molecule has 0 fully saturated rings. The molecule has 2 aromatic carbocycles. The molecule has 0 atom stereocenters. The summed E-state index contributed by atoms with van der Waals surface area (Å²) in [7, 11) is 1.58. The molecule has 1 amide bonds. The number of benzene rings is 2. The highest BCUT2D eigenvalue weighted by molar-refractivity contribution is 6.10. The van der Waals surface area contributed by atoms with E-state index >= 15 is 0 Å². The van der Waals surface area contributed by atoms with Crippen LogP contribution in [0.3, 0.4) is 0 Å². The minimum absolute atomic E-state index is 0.0385. The molecule has 0 unspecified atom stereocenters. The van der Waals surface area contributed by atoms with Crippen molar-refractivity contribution >= 4 is 22.5 Å². The molecular weight excluding hydrogens is 342 g/mol. The maximum atomic E-state index is 12.7. The number of fused-ring (bicyclic) bond motifs is 1. The fourth-order valence-electron chi connectivity index (χ4n) is 2.61. The quantitative estimate of drug-likeness (QED) is 0.721. The highest BCUT2D eigenvalue weighted by Crippen LogP contribution is 2.30. The number of nitrogens with zero attached hydrogens (tertiary/aromatic N) is 2. The van der Waals surface area contributed by atoms with E-state index in [0.717, 1.165) is 0 Å². The normalized spacial score (nSPS) is 9.70. The molecule has 0 aliphatic heterocycles. The highest BCUT2D eigenvalue weighted by Gasteiger charge is 2.20. The number of hydrogen-bond acceptors (Lipinski definition) is 5. The summed E-state index contributed by atoms with van der Waals surface area (Å²) in [5, 5.41) is 21.3. The summed E-state index contributed by atoms with van der Waals surface area (Å²) >= 11 is 0. The van der Waals surface area contributed by atoms with Crippen molar-refractivity contribution < 1.29 is 14.6 Å². The van der Waals surface area contributed by atoms with Gasteiger partial charge in [0, 0.05) is 18.0 Å². The molecule has 0 bridgehead atoms. The first-order valence-corrected chi connectivity index (χ1v) is 8.42. The van der Waals surface area contributed by atoms with E-state index in [1.165, 1.54) is 6.92 Å². The third-order valence-corrected chi connectivity index (χ3v) is 3.85. The molecule has 0 spiro atoms. The molecule has 27 heavy (non-hydrogen) atoms. The van der Waals surface area contributed by atoms with E-state index in [-0.39, 0.29) is 17.2 Å². The second kappa shape index (κ2) is 9.20. The van der Waals surface area contributed by atoms with Gasteiger partial charge in [-0.2, -0.15) is 5.26 Å². The lowest BCUT2D eigenvalue weighted by molar-refractivity contribution is 0.102. The Morgan fingerprint density at radius 3 is 2.44 bits per heavy atom. The van der Waals surface area contributed by atoms with Crippen LogP contribution in [0.25, 0.3) is 10.9 Å². The first kappa shape index (κ1) is 19.7. The van der Waals surface area contributed by atoms with Gasteiger partial charge in [0.05, 0.1) is 24.4 Å². The first-order valence-electron chi connectivity index (χ1n) is 8.42. The van der Waals surface area contributed by atoms with Gasteiger partial charge in [-0.3, -0.25) is 9.78 Å². The van der Waals surface area contributed by atoms with E-state index in [4.69, 9.17) is 10.00 Å². The number of anilines is 1. The monoisotopic (exact) mass is 363 g/mol. The largest absolute Gasteiger partial charge is 0.506 e. The van der Waals surface area contributed by atoms with Crippen molar-refractivity contribution in [3.63, 3.8) is 0 Å². The molecule has 0 aliphatic carbocycles. The zero-order valence-electron chi connectivity index (χ0n) is 15.5. The van der Waals surface area contributed by atoms with Crippen LogP contribution in [0.1, 0.15) is 29.9 Å². The third-order valence-electron chi connectivity index (χ3n) is 3.85. The zero-order chi connectivity index (χ0) is 19.8. The van der Waals surface area contributed by atoms with Crippen LogP contribution in [0.15, 0.2) is 48.5 Å². The Labute approximate surface area is 158 Å². The predicted molar refractivity (Wildman–Crippen MR) is 105 cm³/mol. The van der Waals surface area contributed by atoms with Gasteiger partial charge in [-0.15, -0.1) is 0 Å². The fourth-order valence-corrected chi connectivity index (χ4v) is 2.61.